The highest BCUT2D eigenvalue weighted by Gasteiger charge is 2.14. The van der Waals surface area contributed by atoms with Crippen LogP contribution in [0.5, 0.6) is 0 Å². The van der Waals surface area contributed by atoms with Crippen LogP contribution in [0.1, 0.15) is 13.8 Å². The summed E-state index contributed by atoms with van der Waals surface area (Å²) in [7, 11) is 0. The minimum absolute atomic E-state index is 0.693. The van der Waals surface area contributed by atoms with E-state index in [-0.39, 0.29) is 0 Å². The van der Waals surface area contributed by atoms with Gasteiger partial charge in [0.25, 0.3) is 0 Å². The topological polar surface area (TPSA) is 41.6 Å². The van der Waals surface area contributed by atoms with Crippen molar-refractivity contribution in [2.75, 3.05) is 0 Å². The molecule has 2 heterocycles. The molecule has 0 amide bonds. The molecule has 2 aliphatic rings. The highest BCUT2D eigenvalue weighted by Crippen LogP contribution is 2.21. The van der Waals surface area contributed by atoms with Crippen molar-refractivity contribution in [1.29, 1.82) is 0 Å². The Morgan fingerprint density at radius 1 is 1.29 bits per heavy atom. The zero-order chi connectivity index (χ0) is 10.1. The molecule has 0 aliphatic carbocycles. The molecule has 0 fully saturated rings. The van der Waals surface area contributed by atoms with E-state index in [1.54, 1.807) is 0 Å². The number of nitrogens with two attached hydrogens (primary N) is 1. The van der Waals surface area contributed by atoms with Gasteiger partial charge in [-0.25, -0.2) is 4.99 Å². The monoisotopic (exact) mass is 187 g/mol. The normalized spacial score (nSPS) is 20.3. The lowest BCUT2D eigenvalue weighted by atomic mass is 10.2. The van der Waals surface area contributed by atoms with Gasteiger partial charge in [0.2, 0.25) is 0 Å². The summed E-state index contributed by atoms with van der Waals surface area (Å²) in [5.74, 6) is 0.804. The molecule has 0 unspecified atom stereocenters. The van der Waals surface area contributed by atoms with Crippen molar-refractivity contribution in [1.82, 2.24) is 4.90 Å². The molecule has 2 N–H and O–H groups in total. The molecule has 0 saturated heterocycles. The van der Waals surface area contributed by atoms with Gasteiger partial charge in [-0.1, -0.05) is 6.08 Å². The van der Waals surface area contributed by atoms with Crippen molar-refractivity contribution in [3.63, 3.8) is 0 Å². The fourth-order valence-electron chi connectivity index (χ4n) is 1.37. The van der Waals surface area contributed by atoms with Crippen LogP contribution < -0.4 is 5.73 Å². The molecule has 3 nitrogen and oxygen atoms in total. The van der Waals surface area contributed by atoms with Crippen LogP contribution >= 0.6 is 0 Å². The second kappa shape index (κ2) is 3.18. The molecular weight excluding hydrogens is 174 g/mol. The summed E-state index contributed by atoms with van der Waals surface area (Å²) in [6.45, 7) is 4.03. The molecule has 3 heteroatoms. The van der Waals surface area contributed by atoms with Gasteiger partial charge in [-0.2, -0.15) is 0 Å². The Morgan fingerprint density at radius 2 is 2.07 bits per heavy atom. The third kappa shape index (κ3) is 1.37. The molecule has 0 bridgehead atoms. The number of fused-ring (bicyclic) bond motifs is 1. The van der Waals surface area contributed by atoms with Crippen molar-refractivity contribution >= 4 is 5.71 Å². The van der Waals surface area contributed by atoms with Crippen LogP contribution in [0.25, 0.3) is 0 Å². The Kier molecular flexibility index (Phi) is 2.00. The van der Waals surface area contributed by atoms with Gasteiger partial charge < -0.3 is 10.6 Å². The van der Waals surface area contributed by atoms with E-state index in [1.165, 1.54) is 0 Å². The van der Waals surface area contributed by atoms with E-state index in [0.717, 1.165) is 17.1 Å². The van der Waals surface area contributed by atoms with Gasteiger partial charge in [-0.05, 0) is 31.6 Å². The van der Waals surface area contributed by atoms with Gasteiger partial charge in [0.15, 0.2) is 5.82 Å². The van der Waals surface area contributed by atoms with Crippen molar-refractivity contribution in [2.24, 2.45) is 10.7 Å². The Balaban J connectivity index is 2.52. The highest BCUT2D eigenvalue weighted by atomic mass is 15.2. The summed E-state index contributed by atoms with van der Waals surface area (Å²) >= 11 is 0. The molecule has 0 aromatic rings. The Morgan fingerprint density at radius 3 is 2.86 bits per heavy atom. The SMILES string of the molecule is CC1=CN2C=CC=CC(N)=C2N=C1C. The first-order valence-corrected chi connectivity index (χ1v) is 4.55. The van der Waals surface area contributed by atoms with Gasteiger partial charge >= 0.3 is 0 Å². The van der Waals surface area contributed by atoms with E-state index in [9.17, 15) is 0 Å². The Labute approximate surface area is 83.6 Å². The van der Waals surface area contributed by atoms with Gasteiger partial charge in [0.1, 0.15) is 0 Å². The third-order valence-electron chi connectivity index (χ3n) is 2.31. The first kappa shape index (κ1) is 8.81. The standard InChI is InChI=1S/C11H13N3/c1-8-7-14-6-4-3-5-10(12)11(14)13-9(8)2/h3-7H,12H2,1-2H3. The van der Waals surface area contributed by atoms with Gasteiger partial charge in [0, 0.05) is 18.1 Å². The second-order valence-corrected chi connectivity index (χ2v) is 3.40. The molecule has 0 aromatic heterocycles. The second-order valence-electron chi connectivity index (χ2n) is 3.40. The summed E-state index contributed by atoms with van der Waals surface area (Å²) in [5, 5.41) is 0. The van der Waals surface area contributed by atoms with Crippen molar-refractivity contribution in [2.45, 2.75) is 13.8 Å². The van der Waals surface area contributed by atoms with Crippen LogP contribution in [-0.4, -0.2) is 10.6 Å². The number of allylic oxidation sites excluding steroid dienone is 4. The largest absolute Gasteiger partial charge is 0.396 e. The molecule has 2 aliphatic heterocycles. The van der Waals surface area contributed by atoms with Crippen LogP contribution in [-0.2, 0) is 0 Å². The Bertz CT molecular complexity index is 408. The molecule has 0 spiro atoms. The number of aliphatic imine (C=N–C) groups is 1. The highest BCUT2D eigenvalue weighted by molar-refractivity contribution is 5.99. The third-order valence-corrected chi connectivity index (χ3v) is 2.31. The number of rotatable bonds is 0. The minimum Gasteiger partial charge on any atom is -0.396 e. The average molecular weight is 187 g/mol. The van der Waals surface area contributed by atoms with Gasteiger partial charge in [-0.3, -0.25) is 0 Å². The predicted molar refractivity (Wildman–Crippen MR) is 58.2 cm³/mol. The lowest BCUT2D eigenvalue weighted by Crippen LogP contribution is -2.19. The van der Waals surface area contributed by atoms with Gasteiger partial charge in [0.05, 0.1) is 5.70 Å². The molecule has 14 heavy (non-hydrogen) atoms. The number of hydrogen-bond acceptors (Lipinski definition) is 3. The van der Waals surface area contributed by atoms with E-state index in [2.05, 4.69) is 4.99 Å². The molecule has 2 rings (SSSR count). The molecule has 0 atom stereocenters. The maximum atomic E-state index is 5.87. The zero-order valence-electron chi connectivity index (χ0n) is 8.36. The average Bonchev–Trinajstić information content (AvgIpc) is 2.31. The first-order chi connectivity index (χ1) is 6.68. The summed E-state index contributed by atoms with van der Waals surface area (Å²) in [4.78, 5) is 6.39. The van der Waals surface area contributed by atoms with Crippen LogP contribution in [0.15, 0.2) is 52.7 Å². The van der Waals surface area contributed by atoms with E-state index in [4.69, 9.17) is 5.73 Å². The van der Waals surface area contributed by atoms with Crippen LogP contribution in [0.3, 0.4) is 0 Å². The maximum absolute atomic E-state index is 5.87. The molecule has 72 valence electrons. The fraction of sp³-hybridized carbons (Fsp3) is 0.182. The van der Waals surface area contributed by atoms with E-state index >= 15 is 0 Å². The van der Waals surface area contributed by atoms with Crippen LogP contribution in [0, 0.1) is 0 Å². The summed E-state index contributed by atoms with van der Waals surface area (Å²) in [6.07, 6.45) is 9.70. The van der Waals surface area contributed by atoms with Crippen LogP contribution in [0.2, 0.25) is 0 Å². The van der Waals surface area contributed by atoms with Crippen molar-refractivity contribution in [3.8, 4) is 0 Å². The molecule has 0 aromatic carbocycles. The number of nitrogens with zero attached hydrogens (tertiary/aromatic N) is 2. The number of hydrogen-bond donors (Lipinski definition) is 1. The van der Waals surface area contributed by atoms with E-state index in [1.807, 2.05) is 49.4 Å². The van der Waals surface area contributed by atoms with Crippen LogP contribution in [0.4, 0.5) is 0 Å². The molecule has 0 saturated carbocycles. The lowest BCUT2D eigenvalue weighted by Gasteiger charge is -2.22. The van der Waals surface area contributed by atoms with Crippen molar-refractivity contribution in [3.05, 3.63) is 47.7 Å². The summed E-state index contributed by atoms with van der Waals surface area (Å²) in [5.41, 5.74) is 8.74. The molecular formula is C11H13N3. The Hall–Kier alpha value is -1.77. The smallest absolute Gasteiger partial charge is 0.160 e. The summed E-state index contributed by atoms with van der Waals surface area (Å²) < 4.78 is 0. The quantitative estimate of drug-likeness (QED) is 0.629. The molecule has 0 radical (unpaired) electrons. The lowest BCUT2D eigenvalue weighted by molar-refractivity contribution is 0.602. The fourth-order valence-corrected chi connectivity index (χ4v) is 1.37. The van der Waals surface area contributed by atoms with Gasteiger partial charge in [-0.15, -0.1) is 0 Å². The zero-order valence-corrected chi connectivity index (χ0v) is 8.36. The summed E-state index contributed by atoms with van der Waals surface area (Å²) in [6, 6.07) is 0. The minimum atomic E-state index is 0.693. The van der Waals surface area contributed by atoms with Crippen molar-refractivity contribution < 1.29 is 0 Å². The predicted octanol–water partition coefficient (Wildman–Crippen LogP) is 1.88. The van der Waals surface area contributed by atoms with E-state index < -0.39 is 0 Å². The first-order valence-electron chi connectivity index (χ1n) is 4.55. The maximum Gasteiger partial charge on any atom is 0.160 e. The van der Waals surface area contributed by atoms with E-state index in [0.29, 0.717) is 5.70 Å².